The number of aromatic nitrogens is 1. The van der Waals surface area contributed by atoms with Gasteiger partial charge in [-0.2, -0.15) is 13.2 Å². The molecule has 0 N–H and O–H groups in total. The van der Waals surface area contributed by atoms with Crippen LogP contribution in [0.15, 0.2) is 59.2 Å². The molecule has 2 aromatic carbocycles. The second-order valence-corrected chi connectivity index (χ2v) is 7.50. The Morgan fingerprint density at radius 2 is 2.03 bits per heavy atom. The van der Waals surface area contributed by atoms with Crippen molar-refractivity contribution in [2.24, 2.45) is 5.92 Å². The summed E-state index contributed by atoms with van der Waals surface area (Å²) in [6.45, 7) is 1.39. The van der Waals surface area contributed by atoms with Crippen LogP contribution in [0.5, 0.6) is 5.75 Å². The van der Waals surface area contributed by atoms with Gasteiger partial charge in [-0.3, -0.25) is 4.79 Å². The number of benzene rings is 2. The van der Waals surface area contributed by atoms with Gasteiger partial charge in [-0.25, -0.2) is 4.98 Å². The zero-order valence-electron chi connectivity index (χ0n) is 16.8. The third kappa shape index (κ3) is 4.87. The van der Waals surface area contributed by atoms with Crippen molar-refractivity contribution in [1.29, 1.82) is 0 Å². The molecule has 0 saturated heterocycles. The molecular weight excluding hydrogens is 407 g/mol. The number of alkyl halides is 3. The number of nitrogens with zero attached hydrogens (tertiary/aromatic N) is 1. The molecule has 1 aromatic heterocycles. The van der Waals surface area contributed by atoms with Crippen molar-refractivity contribution < 1.29 is 27.1 Å². The molecule has 7 heteroatoms. The molecule has 4 nitrogen and oxygen atoms in total. The van der Waals surface area contributed by atoms with E-state index < -0.39 is 11.7 Å². The Hall–Kier alpha value is -3.35. The van der Waals surface area contributed by atoms with Gasteiger partial charge in [0.05, 0.1) is 5.56 Å². The summed E-state index contributed by atoms with van der Waals surface area (Å²) in [4.78, 5) is 15.6. The van der Waals surface area contributed by atoms with Crippen molar-refractivity contribution >= 4 is 12.0 Å². The third-order valence-electron chi connectivity index (χ3n) is 5.25. The fraction of sp³-hybridized carbons (Fsp3) is 0.250. The van der Waals surface area contributed by atoms with Crippen LogP contribution in [0.4, 0.5) is 13.2 Å². The van der Waals surface area contributed by atoms with Crippen LogP contribution in [0.25, 0.3) is 17.3 Å². The summed E-state index contributed by atoms with van der Waals surface area (Å²) in [6.07, 6.45) is 3.16. The van der Waals surface area contributed by atoms with Gasteiger partial charge in [0.15, 0.2) is 0 Å². The van der Waals surface area contributed by atoms with E-state index in [4.69, 9.17) is 9.15 Å². The zero-order valence-corrected chi connectivity index (χ0v) is 16.8. The van der Waals surface area contributed by atoms with Gasteiger partial charge in [0, 0.05) is 12.5 Å². The Labute approximate surface area is 177 Å². The minimum Gasteiger partial charge on any atom is -0.444 e. The van der Waals surface area contributed by atoms with Gasteiger partial charge in [0.25, 0.3) is 0 Å². The summed E-state index contributed by atoms with van der Waals surface area (Å²) in [5, 5.41) is 0. The van der Waals surface area contributed by atoms with E-state index in [0.29, 0.717) is 22.9 Å². The monoisotopic (exact) mass is 427 g/mol. The van der Waals surface area contributed by atoms with Crippen molar-refractivity contribution in [3.05, 3.63) is 77.4 Å². The van der Waals surface area contributed by atoms with Crippen LogP contribution in [0, 0.1) is 5.92 Å². The molecular formula is C24H20F3NO3. The highest BCUT2D eigenvalue weighted by atomic mass is 19.4. The maximum absolute atomic E-state index is 12.9. The van der Waals surface area contributed by atoms with Gasteiger partial charge < -0.3 is 9.15 Å². The number of rotatable bonds is 4. The summed E-state index contributed by atoms with van der Waals surface area (Å²) >= 11 is 0. The first-order valence-corrected chi connectivity index (χ1v) is 9.90. The van der Waals surface area contributed by atoms with Crippen LogP contribution in [0.1, 0.15) is 35.9 Å². The van der Waals surface area contributed by atoms with E-state index in [9.17, 15) is 18.0 Å². The van der Waals surface area contributed by atoms with Crippen molar-refractivity contribution in [1.82, 2.24) is 4.98 Å². The molecule has 1 unspecified atom stereocenters. The van der Waals surface area contributed by atoms with E-state index in [-0.39, 0.29) is 11.9 Å². The fourth-order valence-electron chi connectivity index (χ4n) is 3.79. The fourth-order valence-corrected chi connectivity index (χ4v) is 3.79. The number of esters is 1. The number of halogens is 3. The molecule has 31 heavy (non-hydrogen) atoms. The number of carbonyl (C=O) groups excluding carboxylic acids is 1. The lowest BCUT2D eigenvalue weighted by Crippen LogP contribution is -2.14. The van der Waals surface area contributed by atoms with Crippen LogP contribution in [0.3, 0.4) is 0 Å². The Morgan fingerprint density at radius 1 is 1.23 bits per heavy atom. The average molecular weight is 427 g/mol. The number of carbonyl (C=O) groups is 1. The van der Waals surface area contributed by atoms with Crippen molar-refractivity contribution in [2.75, 3.05) is 0 Å². The molecule has 1 atom stereocenters. The van der Waals surface area contributed by atoms with Crippen molar-refractivity contribution in [3.8, 4) is 17.0 Å². The summed E-state index contributed by atoms with van der Waals surface area (Å²) in [7, 11) is 0. The van der Waals surface area contributed by atoms with E-state index in [1.807, 2.05) is 18.2 Å². The minimum atomic E-state index is -4.41. The molecule has 0 spiro atoms. The smallest absolute Gasteiger partial charge is 0.416 e. The molecule has 0 amide bonds. The van der Waals surface area contributed by atoms with Crippen LogP contribution in [0.2, 0.25) is 0 Å². The topological polar surface area (TPSA) is 52.3 Å². The predicted octanol–water partition coefficient (Wildman–Crippen LogP) is 6.10. The zero-order chi connectivity index (χ0) is 22.0. The average Bonchev–Trinajstić information content (AvgIpc) is 3.20. The first kappa shape index (κ1) is 20.9. The number of allylic oxidation sites excluding steroid dienone is 1. The lowest BCUT2D eigenvalue weighted by atomic mass is 9.83. The molecule has 0 fully saturated rings. The second-order valence-electron chi connectivity index (χ2n) is 7.50. The molecule has 160 valence electrons. The predicted molar refractivity (Wildman–Crippen MR) is 109 cm³/mol. The van der Waals surface area contributed by atoms with Gasteiger partial charge in [0.2, 0.25) is 5.89 Å². The van der Waals surface area contributed by atoms with Gasteiger partial charge >= 0.3 is 12.1 Å². The lowest BCUT2D eigenvalue weighted by molar-refractivity contribution is -0.137. The maximum atomic E-state index is 12.9. The molecule has 1 aliphatic rings. The van der Waals surface area contributed by atoms with E-state index in [1.165, 1.54) is 19.3 Å². The number of fused-ring (bicyclic) bond motifs is 1. The Balaban J connectivity index is 1.47. The number of hydrogen-bond acceptors (Lipinski definition) is 4. The van der Waals surface area contributed by atoms with Crippen molar-refractivity contribution in [2.45, 2.75) is 32.4 Å². The maximum Gasteiger partial charge on any atom is 0.416 e. The van der Waals surface area contributed by atoms with E-state index in [2.05, 4.69) is 4.98 Å². The SMILES string of the molecule is CC(=O)Oc1cccc2c1CCC(C=Cc1nc(-c3cccc(C(F)(F)F)c3)co1)C2. The largest absolute Gasteiger partial charge is 0.444 e. The molecule has 0 radical (unpaired) electrons. The second kappa shape index (κ2) is 8.41. The Bertz CT molecular complexity index is 1130. The van der Waals surface area contributed by atoms with E-state index in [0.717, 1.165) is 42.5 Å². The lowest BCUT2D eigenvalue weighted by Gasteiger charge is -2.23. The highest BCUT2D eigenvalue weighted by Gasteiger charge is 2.30. The van der Waals surface area contributed by atoms with Gasteiger partial charge in [-0.15, -0.1) is 0 Å². The highest BCUT2D eigenvalue weighted by Crippen LogP contribution is 2.34. The van der Waals surface area contributed by atoms with Gasteiger partial charge in [-0.1, -0.05) is 30.3 Å². The molecule has 0 bridgehead atoms. The number of ether oxygens (including phenoxy) is 1. The normalized spacial score (nSPS) is 16.3. The molecule has 0 saturated carbocycles. The highest BCUT2D eigenvalue weighted by molar-refractivity contribution is 5.70. The molecule has 0 aliphatic heterocycles. The van der Waals surface area contributed by atoms with E-state index >= 15 is 0 Å². The number of oxazole rings is 1. The Kier molecular flexibility index (Phi) is 5.67. The summed E-state index contributed by atoms with van der Waals surface area (Å²) < 4.78 is 49.5. The summed E-state index contributed by atoms with van der Waals surface area (Å²) in [6, 6.07) is 10.7. The van der Waals surface area contributed by atoms with Gasteiger partial charge in [0.1, 0.15) is 17.7 Å². The quantitative estimate of drug-likeness (QED) is 0.373. The minimum absolute atomic E-state index is 0.254. The van der Waals surface area contributed by atoms with Crippen LogP contribution in [-0.2, 0) is 23.8 Å². The van der Waals surface area contributed by atoms with Gasteiger partial charge in [-0.05, 0) is 60.6 Å². The molecule has 1 aliphatic carbocycles. The standard InChI is InChI=1S/C24H20F3NO3/c1-15(29)31-22-7-3-4-17-12-16(8-10-20(17)22)9-11-23-28-21(14-30-23)18-5-2-6-19(13-18)24(25,26)27/h2-7,9,11,13-14,16H,8,10,12H2,1H3. The van der Waals surface area contributed by atoms with E-state index in [1.54, 1.807) is 18.2 Å². The summed E-state index contributed by atoms with van der Waals surface area (Å²) in [5.74, 6) is 0.873. The number of hydrogen-bond donors (Lipinski definition) is 0. The Morgan fingerprint density at radius 3 is 2.81 bits per heavy atom. The van der Waals surface area contributed by atoms with Crippen LogP contribution >= 0.6 is 0 Å². The molecule has 1 heterocycles. The first-order valence-electron chi connectivity index (χ1n) is 9.90. The summed E-state index contributed by atoms with van der Waals surface area (Å²) in [5.41, 5.74) is 2.18. The molecule has 4 rings (SSSR count). The molecule has 3 aromatic rings. The van der Waals surface area contributed by atoms with Crippen molar-refractivity contribution in [3.63, 3.8) is 0 Å². The third-order valence-corrected chi connectivity index (χ3v) is 5.25. The van der Waals surface area contributed by atoms with Crippen LogP contribution in [-0.4, -0.2) is 11.0 Å². The van der Waals surface area contributed by atoms with Crippen LogP contribution < -0.4 is 4.74 Å². The first-order chi connectivity index (χ1) is 14.8.